The lowest BCUT2D eigenvalue weighted by molar-refractivity contribution is 0.0919. The van der Waals surface area contributed by atoms with Crippen molar-refractivity contribution in [2.24, 2.45) is 5.92 Å². The van der Waals surface area contributed by atoms with Gasteiger partial charge in [0.1, 0.15) is 0 Å². The Labute approximate surface area is 212 Å². The highest BCUT2D eigenvalue weighted by Gasteiger charge is 2.28. The van der Waals surface area contributed by atoms with Gasteiger partial charge in [0.25, 0.3) is 5.91 Å². The summed E-state index contributed by atoms with van der Waals surface area (Å²) in [6, 6.07) is 8.69. The standard InChI is InChI=1S/C28H37N5OS/c1-2-15-33(22-10-11-25-26(17-22)35-28(29)32-25)16-13-19-6-8-21(9-7-19)31-27(34)24-5-3-4-20-18-30-14-12-23(20)24/h3-5,12,14,18-19,21-22H,2,6-11,13,15-17H2,1H3,(H2,29,32)(H,31,34). The van der Waals surface area contributed by atoms with Gasteiger partial charge in [-0.05, 0) is 94.3 Å². The van der Waals surface area contributed by atoms with E-state index in [0.29, 0.717) is 6.04 Å². The van der Waals surface area contributed by atoms with Gasteiger partial charge in [0.15, 0.2) is 5.13 Å². The van der Waals surface area contributed by atoms with Gasteiger partial charge in [-0.1, -0.05) is 19.1 Å². The fourth-order valence-corrected chi connectivity index (χ4v) is 6.93. The van der Waals surface area contributed by atoms with Crippen molar-refractivity contribution in [3.8, 4) is 0 Å². The van der Waals surface area contributed by atoms with Crippen LogP contribution in [0, 0.1) is 5.92 Å². The van der Waals surface area contributed by atoms with E-state index in [9.17, 15) is 4.79 Å². The van der Waals surface area contributed by atoms with Gasteiger partial charge in [-0.3, -0.25) is 9.78 Å². The maximum Gasteiger partial charge on any atom is 0.252 e. The van der Waals surface area contributed by atoms with E-state index >= 15 is 0 Å². The minimum Gasteiger partial charge on any atom is -0.375 e. The van der Waals surface area contributed by atoms with Crippen molar-refractivity contribution in [1.29, 1.82) is 0 Å². The average Bonchev–Trinajstić information content (AvgIpc) is 3.26. The van der Waals surface area contributed by atoms with Gasteiger partial charge in [0.2, 0.25) is 0 Å². The monoisotopic (exact) mass is 491 g/mol. The number of carbonyl (C=O) groups is 1. The Hall–Kier alpha value is -2.51. The van der Waals surface area contributed by atoms with E-state index in [1.165, 1.54) is 55.8 Å². The molecule has 7 heteroatoms. The SMILES string of the molecule is CCCN(CCC1CCC(NC(=O)c2cccc3cnccc23)CC1)C1CCc2nc(N)sc2C1. The number of aryl methyl sites for hydroxylation is 1. The summed E-state index contributed by atoms with van der Waals surface area (Å²) in [7, 11) is 0. The van der Waals surface area contributed by atoms with Crippen molar-refractivity contribution in [3.05, 3.63) is 52.8 Å². The molecule has 5 rings (SSSR count). The second kappa shape index (κ2) is 11.0. The number of fused-ring (bicyclic) bond motifs is 2. The normalized spacial score (nSPS) is 22.3. The first-order chi connectivity index (χ1) is 17.1. The van der Waals surface area contributed by atoms with Gasteiger partial charge in [0, 0.05) is 40.3 Å². The van der Waals surface area contributed by atoms with Gasteiger partial charge in [-0.15, -0.1) is 11.3 Å². The summed E-state index contributed by atoms with van der Waals surface area (Å²) >= 11 is 1.68. The number of amides is 1. The molecule has 1 saturated carbocycles. The van der Waals surface area contributed by atoms with Crippen LogP contribution < -0.4 is 11.1 Å². The van der Waals surface area contributed by atoms with Crippen molar-refractivity contribution in [2.45, 2.75) is 76.8 Å². The van der Waals surface area contributed by atoms with Crippen molar-refractivity contribution in [1.82, 2.24) is 20.2 Å². The average molecular weight is 492 g/mol. The van der Waals surface area contributed by atoms with Crippen molar-refractivity contribution < 1.29 is 4.79 Å². The molecular weight excluding hydrogens is 454 g/mol. The summed E-state index contributed by atoms with van der Waals surface area (Å²) in [5, 5.41) is 6.01. The first kappa shape index (κ1) is 24.2. The summed E-state index contributed by atoms with van der Waals surface area (Å²) in [5.41, 5.74) is 7.95. The van der Waals surface area contributed by atoms with E-state index in [0.717, 1.165) is 53.1 Å². The molecule has 0 aliphatic heterocycles. The first-order valence-corrected chi connectivity index (χ1v) is 14.0. The van der Waals surface area contributed by atoms with E-state index in [1.807, 2.05) is 30.5 Å². The number of nitrogens with one attached hydrogen (secondary N) is 1. The highest BCUT2D eigenvalue weighted by atomic mass is 32.1. The molecule has 1 atom stereocenters. The number of hydrogen-bond acceptors (Lipinski definition) is 6. The topological polar surface area (TPSA) is 84.1 Å². The second-order valence-corrected chi connectivity index (χ2v) is 11.4. The number of nitrogens with zero attached hydrogens (tertiary/aromatic N) is 3. The molecular formula is C28H37N5OS. The third-order valence-corrected chi connectivity index (χ3v) is 8.84. The van der Waals surface area contributed by atoms with Gasteiger partial charge in [-0.2, -0.15) is 0 Å². The summed E-state index contributed by atoms with van der Waals surface area (Å²) < 4.78 is 0. The zero-order valence-electron chi connectivity index (χ0n) is 20.7. The van der Waals surface area contributed by atoms with E-state index in [-0.39, 0.29) is 11.9 Å². The number of nitrogens with two attached hydrogens (primary N) is 1. The lowest BCUT2D eigenvalue weighted by Gasteiger charge is -2.36. The fraction of sp³-hybridized carbons (Fsp3) is 0.536. The van der Waals surface area contributed by atoms with Crippen LogP contribution in [0.4, 0.5) is 5.13 Å². The third kappa shape index (κ3) is 5.67. The lowest BCUT2D eigenvalue weighted by atomic mass is 9.83. The molecule has 1 aromatic carbocycles. The van der Waals surface area contributed by atoms with E-state index < -0.39 is 0 Å². The molecule has 0 bridgehead atoms. The molecule has 3 N–H and O–H groups in total. The Kier molecular flexibility index (Phi) is 7.63. The first-order valence-electron chi connectivity index (χ1n) is 13.2. The van der Waals surface area contributed by atoms with Crippen LogP contribution in [0.15, 0.2) is 36.7 Å². The van der Waals surface area contributed by atoms with E-state index in [4.69, 9.17) is 5.73 Å². The Morgan fingerprint density at radius 2 is 2.03 bits per heavy atom. The molecule has 0 spiro atoms. The molecule has 186 valence electrons. The van der Waals surface area contributed by atoms with Crippen molar-refractivity contribution >= 4 is 33.1 Å². The molecule has 2 aliphatic carbocycles. The van der Waals surface area contributed by atoms with Crippen LogP contribution in [0.2, 0.25) is 0 Å². The molecule has 0 saturated heterocycles. The summed E-state index contributed by atoms with van der Waals surface area (Å²) in [4.78, 5) is 25.8. The number of thiazole rings is 1. The molecule has 1 unspecified atom stereocenters. The zero-order valence-corrected chi connectivity index (χ0v) is 21.5. The maximum absolute atomic E-state index is 13.0. The minimum absolute atomic E-state index is 0.0414. The van der Waals surface area contributed by atoms with Crippen LogP contribution in [-0.4, -0.2) is 45.9 Å². The Morgan fingerprint density at radius 3 is 2.86 bits per heavy atom. The molecule has 35 heavy (non-hydrogen) atoms. The predicted molar refractivity (Wildman–Crippen MR) is 144 cm³/mol. The largest absolute Gasteiger partial charge is 0.375 e. The smallest absolute Gasteiger partial charge is 0.252 e. The fourth-order valence-electron chi connectivity index (χ4n) is 5.98. The van der Waals surface area contributed by atoms with Gasteiger partial charge in [0.05, 0.1) is 5.69 Å². The van der Waals surface area contributed by atoms with Crippen LogP contribution in [0.1, 0.15) is 72.8 Å². The number of pyridine rings is 1. The quantitative estimate of drug-likeness (QED) is 0.451. The molecule has 2 aromatic heterocycles. The van der Waals surface area contributed by atoms with E-state index in [2.05, 4.69) is 27.1 Å². The number of carbonyl (C=O) groups excluding carboxylic acids is 1. The van der Waals surface area contributed by atoms with Crippen LogP contribution in [0.3, 0.4) is 0 Å². The molecule has 2 heterocycles. The van der Waals surface area contributed by atoms with E-state index in [1.54, 1.807) is 17.5 Å². The molecule has 0 radical (unpaired) electrons. The third-order valence-electron chi connectivity index (χ3n) is 7.89. The summed E-state index contributed by atoms with van der Waals surface area (Å²) in [6.07, 6.45) is 13.9. The van der Waals surface area contributed by atoms with Crippen molar-refractivity contribution in [2.75, 3.05) is 18.8 Å². The van der Waals surface area contributed by atoms with Crippen LogP contribution >= 0.6 is 11.3 Å². The van der Waals surface area contributed by atoms with Gasteiger partial charge in [-0.25, -0.2) is 4.98 Å². The number of anilines is 1. The van der Waals surface area contributed by atoms with Crippen LogP contribution in [0.25, 0.3) is 10.8 Å². The minimum atomic E-state index is 0.0414. The van der Waals surface area contributed by atoms with Gasteiger partial charge >= 0.3 is 0 Å². The number of aromatic nitrogens is 2. The molecule has 3 aromatic rings. The van der Waals surface area contributed by atoms with Crippen LogP contribution in [-0.2, 0) is 12.8 Å². The van der Waals surface area contributed by atoms with Crippen molar-refractivity contribution in [3.63, 3.8) is 0 Å². The lowest BCUT2D eigenvalue weighted by Crippen LogP contribution is -2.41. The number of benzene rings is 1. The Morgan fingerprint density at radius 1 is 1.17 bits per heavy atom. The summed E-state index contributed by atoms with van der Waals surface area (Å²) in [6.45, 7) is 4.63. The Bertz CT molecular complexity index is 1150. The molecule has 2 aliphatic rings. The molecule has 1 fully saturated rings. The number of nitrogen functional groups attached to an aromatic ring is 1. The summed E-state index contributed by atoms with van der Waals surface area (Å²) in [5.74, 6) is 0.795. The Balaban J connectivity index is 1.11. The van der Waals surface area contributed by atoms with Gasteiger partial charge < -0.3 is 16.0 Å². The predicted octanol–water partition coefficient (Wildman–Crippen LogP) is 5.22. The van der Waals surface area contributed by atoms with Crippen LogP contribution in [0.5, 0.6) is 0 Å². The number of rotatable bonds is 8. The maximum atomic E-state index is 13.0. The highest BCUT2D eigenvalue weighted by molar-refractivity contribution is 7.15. The second-order valence-electron chi connectivity index (χ2n) is 10.2. The highest BCUT2D eigenvalue weighted by Crippen LogP contribution is 2.32. The number of hydrogen-bond donors (Lipinski definition) is 2. The molecule has 1 amide bonds. The molecule has 6 nitrogen and oxygen atoms in total. The zero-order chi connectivity index (χ0) is 24.2.